The summed E-state index contributed by atoms with van der Waals surface area (Å²) < 4.78 is 11.2. The molecule has 0 bridgehead atoms. The molecule has 25 heavy (non-hydrogen) atoms. The molecule has 2 aromatic rings. The molecule has 1 amide bonds. The maximum absolute atomic E-state index is 12.3. The van der Waals surface area contributed by atoms with Gasteiger partial charge in [0.05, 0.1) is 4.88 Å². The summed E-state index contributed by atoms with van der Waals surface area (Å²) in [4.78, 5) is 14.1. The monoisotopic (exact) mass is 358 g/mol. The van der Waals surface area contributed by atoms with Gasteiger partial charge in [-0.3, -0.25) is 4.79 Å². The average molecular weight is 358 g/mol. The molecular formula is C19H22N2O3S. The SMILES string of the molecule is O=C(NCCC1CCNC1)c1ccc(-c2ccc3c(c2)OCCO3)s1. The highest BCUT2D eigenvalue weighted by Crippen LogP contribution is 2.36. The summed E-state index contributed by atoms with van der Waals surface area (Å²) in [5, 5.41) is 6.40. The topological polar surface area (TPSA) is 59.6 Å². The summed E-state index contributed by atoms with van der Waals surface area (Å²) in [6.45, 7) is 4.08. The quantitative estimate of drug-likeness (QED) is 0.863. The van der Waals surface area contributed by atoms with Crippen LogP contribution in [0.2, 0.25) is 0 Å². The lowest BCUT2D eigenvalue weighted by molar-refractivity contribution is 0.0955. The molecule has 0 aliphatic carbocycles. The van der Waals surface area contributed by atoms with Crippen LogP contribution in [0.4, 0.5) is 0 Å². The van der Waals surface area contributed by atoms with Crippen molar-refractivity contribution in [3.63, 3.8) is 0 Å². The lowest BCUT2D eigenvalue weighted by Crippen LogP contribution is -2.25. The molecule has 2 aliphatic heterocycles. The van der Waals surface area contributed by atoms with Crippen LogP contribution in [0.1, 0.15) is 22.5 Å². The molecule has 1 aromatic heterocycles. The summed E-state index contributed by atoms with van der Waals surface area (Å²) in [5.41, 5.74) is 1.05. The Morgan fingerprint density at radius 2 is 2.08 bits per heavy atom. The molecule has 132 valence electrons. The van der Waals surface area contributed by atoms with Gasteiger partial charge in [-0.15, -0.1) is 11.3 Å². The summed E-state index contributed by atoms with van der Waals surface area (Å²) in [5.74, 6) is 2.26. The van der Waals surface area contributed by atoms with E-state index < -0.39 is 0 Å². The number of hydrogen-bond acceptors (Lipinski definition) is 5. The van der Waals surface area contributed by atoms with Crippen LogP contribution < -0.4 is 20.1 Å². The highest BCUT2D eigenvalue weighted by Gasteiger charge is 2.16. The fraction of sp³-hybridized carbons (Fsp3) is 0.421. The summed E-state index contributed by atoms with van der Waals surface area (Å²) >= 11 is 1.51. The second-order valence-electron chi connectivity index (χ2n) is 6.43. The Labute approximate surface area is 151 Å². The number of benzene rings is 1. The Hall–Kier alpha value is -2.05. The van der Waals surface area contributed by atoms with Crippen LogP contribution in [0, 0.1) is 5.92 Å². The summed E-state index contributed by atoms with van der Waals surface area (Å²) in [6.07, 6.45) is 2.25. The van der Waals surface area contributed by atoms with E-state index in [0.717, 1.165) is 52.9 Å². The molecule has 3 heterocycles. The van der Waals surface area contributed by atoms with Crippen LogP contribution in [0.3, 0.4) is 0 Å². The van der Waals surface area contributed by atoms with Gasteiger partial charge < -0.3 is 20.1 Å². The van der Waals surface area contributed by atoms with Gasteiger partial charge in [-0.1, -0.05) is 0 Å². The molecule has 0 spiro atoms. The van der Waals surface area contributed by atoms with Crippen LogP contribution >= 0.6 is 11.3 Å². The molecule has 1 atom stereocenters. The number of ether oxygens (including phenoxy) is 2. The van der Waals surface area contributed by atoms with E-state index in [0.29, 0.717) is 19.1 Å². The number of carbonyl (C=O) groups is 1. The van der Waals surface area contributed by atoms with Crippen LogP contribution in [0.25, 0.3) is 10.4 Å². The third-order valence-electron chi connectivity index (χ3n) is 4.66. The number of nitrogens with one attached hydrogen (secondary N) is 2. The molecule has 1 saturated heterocycles. The molecule has 0 radical (unpaired) electrons. The van der Waals surface area contributed by atoms with Crippen molar-refractivity contribution in [3.8, 4) is 21.9 Å². The van der Waals surface area contributed by atoms with Gasteiger partial charge in [0, 0.05) is 11.4 Å². The molecule has 2 aliphatic rings. The van der Waals surface area contributed by atoms with Gasteiger partial charge in [0.1, 0.15) is 13.2 Å². The van der Waals surface area contributed by atoms with E-state index in [1.54, 1.807) is 0 Å². The largest absolute Gasteiger partial charge is 0.486 e. The first-order chi connectivity index (χ1) is 12.3. The number of rotatable bonds is 5. The molecule has 1 fully saturated rings. The van der Waals surface area contributed by atoms with Gasteiger partial charge in [0.15, 0.2) is 11.5 Å². The Balaban J connectivity index is 1.38. The van der Waals surface area contributed by atoms with E-state index in [2.05, 4.69) is 10.6 Å². The van der Waals surface area contributed by atoms with Gasteiger partial charge in [0.25, 0.3) is 5.91 Å². The van der Waals surface area contributed by atoms with Crippen molar-refractivity contribution in [2.24, 2.45) is 5.92 Å². The fourth-order valence-corrected chi connectivity index (χ4v) is 4.17. The van der Waals surface area contributed by atoms with Crippen molar-refractivity contribution in [1.29, 1.82) is 0 Å². The predicted octanol–water partition coefficient (Wildman–Crippen LogP) is 2.92. The molecule has 1 unspecified atom stereocenters. The molecule has 1 aromatic carbocycles. The minimum absolute atomic E-state index is 0.0137. The Morgan fingerprint density at radius 3 is 2.92 bits per heavy atom. The van der Waals surface area contributed by atoms with E-state index in [1.165, 1.54) is 17.8 Å². The molecule has 2 N–H and O–H groups in total. The predicted molar refractivity (Wildman–Crippen MR) is 98.7 cm³/mol. The standard InChI is InChI=1S/C19H22N2O3S/c22-19(21-8-6-13-5-7-20-12-13)18-4-3-17(25-18)14-1-2-15-16(11-14)24-10-9-23-15/h1-4,11,13,20H,5-10,12H2,(H,21,22). The van der Waals surface area contributed by atoms with Crippen molar-refractivity contribution < 1.29 is 14.3 Å². The number of carbonyl (C=O) groups excluding carboxylic acids is 1. The lowest BCUT2D eigenvalue weighted by atomic mass is 10.1. The van der Waals surface area contributed by atoms with Gasteiger partial charge >= 0.3 is 0 Å². The maximum atomic E-state index is 12.3. The third kappa shape index (κ3) is 3.80. The number of fused-ring (bicyclic) bond motifs is 1. The normalized spacial score (nSPS) is 19.0. The third-order valence-corrected chi connectivity index (χ3v) is 5.79. The zero-order chi connectivity index (χ0) is 17.1. The van der Waals surface area contributed by atoms with Crippen molar-refractivity contribution in [1.82, 2.24) is 10.6 Å². The van der Waals surface area contributed by atoms with Gasteiger partial charge in [-0.05, 0) is 67.7 Å². The van der Waals surface area contributed by atoms with Gasteiger partial charge in [0.2, 0.25) is 0 Å². The Morgan fingerprint density at radius 1 is 1.20 bits per heavy atom. The summed E-state index contributed by atoms with van der Waals surface area (Å²) in [7, 11) is 0. The van der Waals surface area contributed by atoms with E-state index in [9.17, 15) is 4.79 Å². The first-order valence-electron chi connectivity index (χ1n) is 8.78. The first-order valence-corrected chi connectivity index (χ1v) is 9.60. The van der Waals surface area contributed by atoms with E-state index in [1.807, 2.05) is 30.3 Å². The van der Waals surface area contributed by atoms with E-state index >= 15 is 0 Å². The van der Waals surface area contributed by atoms with Crippen LogP contribution in [-0.2, 0) is 0 Å². The molecule has 4 rings (SSSR count). The molecular weight excluding hydrogens is 336 g/mol. The van der Waals surface area contributed by atoms with Crippen LogP contribution in [0.5, 0.6) is 11.5 Å². The average Bonchev–Trinajstić information content (AvgIpc) is 3.33. The smallest absolute Gasteiger partial charge is 0.261 e. The van der Waals surface area contributed by atoms with Crippen molar-refractivity contribution in [3.05, 3.63) is 35.2 Å². The van der Waals surface area contributed by atoms with Crippen LogP contribution in [-0.4, -0.2) is 38.8 Å². The minimum Gasteiger partial charge on any atom is -0.486 e. The number of amides is 1. The van der Waals surface area contributed by atoms with Crippen LogP contribution in [0.15, 0.2) is 30.3 Å². The summed E-state index contributed by atoms with van der Waals surface area (Å²) in [6, 6.07) is 9.80. The maximum Gasteiger partial charge on any atom is 0.261 e. The first kappa shape index (κ1) is 16.4. The van der Waals surface area contributed by atoms with E-state index in [-0.39, 0.29) is 5.91 Å². The molecule has 6 heteroatoms. The van der Waals surface area contributed by atoms with E-state index in [4.69, 9.17) is 9.47 Å². The minimum atomic E-state index is 0.0137. The number of thiophene rings is 1. The number of hydrogen-bond donors (Lipinski definition) is 2. The highest BCUT2D eigenvalue weighted by molar-refractivity contribution is 7.17. The van der Waals surface area contributed by atoms with Gasteiger partial charge in [-0.2, -0.15) is 0 Å². The Kier molecular flexibility index (Phi) is 4.90. The second-order valence-corrected chi connectivity index (χ2v) is 7.51. The van der Waals surface area contributed by atoms with Crippen molar-refractivity contribution in [2.45, 2.75) is 12.8 Å². The molecule has 0 saturated carbocycles. The zero-order valence-corrected chi connectivity index (χ0v) is 14.9. The zero-order valence-electron chi connectivity index (χ0n) is 14.0. The lowest BCUT2D eigenvalue weighted by Gasteiger charge is -2.18. The second kappa shape index (κ2) is 7.45. The Bertz CT molecular complexity index is 753. The van der Waals surface area contributed by atoms with Crippen molar-refractivity contribution >= 4 is 17.2 Å². The fourth-order valence-electron chi connectivity index (χ4n) is 3.25. The molecule has 5 nitrogen and oxygen atoms in total. The van der Waals surface area contributed by atoms with Crippen molar-refractivity contribution in [2.75, 3.05) is 32.8 Å². The highest BCUT2D eigenvalue weighted by atomic mass is 32.1. The van der Waals surface area contributed by atoms with Gasteiger partial charge in [-0.25, -0.2) is 0 Å².